The zero-order chi connectivity index (χ0) is 13.5. The van der Waals surface area contributed by atoms with Crippen molar-refractivity contribution in [3.63, 3.8) is 0 Å². The van der Waals surface area contributed by atoms with Gasteiger partial charge in [0.1, 0.15) is 6.04 Å². The van der Waals surface area contributed by atoms with Crippen molar-refractivity contribution < 1.29 is 19.8 Å². The fourth-order valence-corrected chi connectivity index (χ4v) is 1.63. The molecule has 1 saturated carbocycles. The molecule has 0 saturated heterocycles. The molecule has 3 N–H and O–H groups in total. The van der Waals surface area contributed by atoms with Crippen molar-refractivity contribution in [2.45, 2.75) is 37.8 Å². The Bertz CT molecular complexity index is 349. The van der Waals surface area contributed by atoms with E-state index in [0.29, 0.717) is 6.54 Å². The molecule has 0 aromatic heterocycles. The van der Waals surface area contributed by atoms with Gasteiger partial charge in [-0.05, 0) is 12.8 Å². The first-order valence-corrected chi connectivity index (χ1v) is 5.88. The number of nitriles is 1. The summed E-state index contributed by atoms with van der Waals surface area (Å²) >= 11 is 0. The summed E-state index contributed by atoms with van der Waals surface area (Å²) in [6, 6.07) is 0.502. The molecule has 1 fully saturated rings. The lowest BCUT2D eigenvalue weighted by Crippen LogP contribution is -2.49. The normalized spacial score (nSPS) is 15.6. The van der Waals surface area contributed by atoms with Crippen molar-refractivity contribution in [1.29, 1.82) is 5.26 Å². The summed E-state index contributed by atoms with van der Waals surface area (Å²) in [7, 11) is 0. The van der Waals surface area contributed by atoms with Crippen LogP contribution in [0.3, 0.4) is 0 Å². The Balaban J connectivity index is 2.54. The second-order valence-electron chi connectivity index (χ2n) is 4.19. The summed E-state index contributed by atoms with van der Waals surface area (Å²) in [5, 5.41) is 28.5. The Hall–Kier alpha value is -1.81. The summed E-state index contributed by atoms with van der Waals surface area (Å²) < 4.78 is 0. The number of carbonyl (C=O) groups excluding carboxylic acids is 1. The Morgan fingerprint density at radius 1 is 1.50 bits per heavy atom. The summed E-state index contributed by atoms with van der Waals surface area (Å²) in [5.41, 5.74) is 0. The van der Waals surface area contributed by atoms with Gasteiger partial charge in [0.25, 0.3) is 0 Å². The molecular weight excluding hydrogens is 238 g/mol. The molecule has 1 aliphatic carbocycles. The van der Waals surface area contributed by atoms with Gasteiger partial charge in [0, 0.05) is 25.6 Å². The number of nitrogens with zero attached hydrogens (tertiary/aromatic N) is 2. The van der Waals surface area contributed by atoms with E-state index in [1.807, 2.05) is 6.07 Å². The third-order valence-electron chi connectivity index (χ3n) is 2.73. The molecule has 1 aliphatic rings. The predicted octanol–water partition coefficient (Wildman–Crippen LogP) is -0.0903. The Labute approximate surface area is 105 Å². The maximum absolute atomic E-state index is 11.9. The minimum Gasteiger partial charge on any atom is -0.480 e. The van der Waals surface area contributed by atoms with Crippen LogP contribution in [0.4, 0.5) is 4.79 Å². The Morgan fingerprint density at radius 2 is 2.17 bits per heavy atom. The number of carboxylic acid groups (broad SMARTS) is 1. The molecule has 0 aromatic rings. The molecule has 1 rings (SSSR count). The number of aliphatic hydroxyl groups excluding tert-OH is 1. The van der Waals surface area contributed by atoms with Crippen molar-refractivity contribution in [1.82, 2.24) is 10.2 Å². The summed E-state index contributed by atoms with van der Waals surface area (Å²) in [6.07, 6.45) is 1.96. The van der Waals surface area contributed by atoms with Crippen LogP contribution in [0, 0.1) is 11.3 Å². The second-order valence-corrected chi connectivity index (χ2v) is 4.19. The van der Waals surface area contributed by atoms with Crippen molar-refractivity contribution in [3.8, 4) is 6.07 Å². The molecule has 0 bridgehead atoms. The van der Waals surface area contributed by atoms with Crippen LogP contribution in [0.25, 0.3) is 0 Å². The lowest BCUT2D eigenvalue weighted by molar-refractivity contribution is -0.139. The lowest BCUT2D eigenvalue weighted by atomic mass is 10.2. The molecule has 0 aromatic carbocycles. The van der Waals surface area contributed by atoms with Crippen molar-refractivity contribution >= 4 is 12.0 Å². The number of amides is 2. The topological polar surface area (TPSA) is 114 Å². The highest BCUT2D eigenvalue weighted by Crippen LogP contribution is 2.26. The number of carboxylic acids is 1. The summed E-state index contributed by atoms with van der Waals surface area (Å²) in [6.45, 7) is -0.00264. The van der Waals surface area contributed by atoms with E-state index >= 15 is 0 Å². The van der Waals surface area contributed by atoms with Gasteiger partial charge >= 0.3 is 12.0 Å². The molecule has 18 heavy (non-hydrogen) atoms. The van der Waals surface area contributed by atoms with Gasteiger partial charge in [-0.15, -0.1) is 0 Å². The molecule has 1 unspecified atom stereocenters. The van der Waals surface area contributed by atoms with E-state index in [4.69, 9.17) is 15.5 Å². The quantitative estimate of drug-likeness (QED) is 0.588. The average molecular weight is 255 g/mol. The molecule has 2 amide bonds. The van der Waals surface area contributed by atoms with Crippen LogP contribution in [0.5, 0.6) is 0 Å². The van der Waals surface area contributed by atoms with Crippen molar-refractivity contribution in [2.75, 3.05) is 13.2 Å². The average Bonchev–Trinajstić information content (AvgIpc) is 3.13. The number of rotatable bonds is 7. The van der Waals surface area contributed by atoms with Crippen LogP contribution in [0.1, 0.15) is 25.7 Å². The van der Waals surface area contributed by atoms with Gasteiger partial charge in [0.2, 0.25) is 0 Å². The molecule has 0 radical (unpaired) electrons. The van der Waals surface area contributed by atoms with E-state index in [1.54, 1.807) is 0 Å². The zero-order valence-corrected chi connectivity index (χ0v) is 10.0. The third kappa shape index (κ3) is 4.22. The van der Waals surface area contributed by atoms with Gasteiger partial charge < -0.3 is 20.4 Å². The molecule has 0 heterocycles. The van der Waals surface area contributed by atoms with Crippen LogP contribution >= 0.6 is 0 Å². The largest absolute Gasteiger partial charge is 0.480 e. The molecule has 7 nitrogen and oxygen atoms in total. The van der Waals surface area contributed by atoms with Gasteiger partial charge in [-0.2, -0.15) is 5.26 Å². The first-order chi connectivity index (χ1) is 8.60. The molecule has 100 valence electrons. The maximum Gasteiger partial charge on any atom is 0.326 e. The minimum absolute atomic E-state index is 0.0299. The molecular formula is C11H17N3O4. The number of aliphatic carboxylic acids is 1. The van der Waals surface area contributed by atoms with E-state index in [9.17, 15) is 9.59 Å². The highest BCUT2D eigenvalue weighted by molar-refractivity contribution is 5.82. The Kier molecular flexibility index (Phi) is 5.39. The SMILES string of the molecule is N#CCCN(C(=O)NC(CCO)C(=O)O)C1CC1. The van der Waals surface area contributed by atoms with Gasteiger partial charge in [-0.3, -0.25) is 0 Å². The molecule has 1 atom stereocenters. The van der Waals surface area contributed by atoms with Gasteiger partial charge in [-0.1, -0.05) is 0 Å². The van der Waals surface area contributed by atoms with Gasteiger partial charge in [0.05, 0.1) is 12.5 Å². The highest BCUT2D eigenvalue weighted by Gasteiger charge is 2.33. The van der Waals surface area contributed by atoms with E-state index in [2.05, 4.69) is 5.32 Å². The van der Waals surface area contributed by atoms with Crippen LogP contribution < -0.4 is 5.32 Å². The smallest absolute Gasteiger partial charge is 0.326 e. The predicted molar refractivity (Wildman–Crippen MR) is 61.6 cm³/mol. The molecule has 7 heteroatoms. The molecule has 0 aliphatic heterocycles. The summed E-state index contributed by atoms with van der Waals surface area (Å²) in [4.78, 5) is 24.2. The van der Waals surface area contributed by atoms with Crippen LogP contribution in [0.2, 0.25) is 0 Å². The number of carbonyl (C=O) groups is 2. The van der Waals surface area contributed by atoms with E-state index in [-0.39, 0.29) is 25.5 Å². The Morgan fingerprint density at radius 3 is 2.61 bits per heavy atom. The third-order valence-corrected chi connectivity index (χ3v) is 2.73. The first kappa shape index (κ1) is 14.3. The monoisotopic (exact) mass is 255 g/mol. The maximum atomic E-state index is 11.9. The van der Waals surface area contributed by atoms with Crippen LogP contribution in [0.15, 0.2) is 0 Å². The van der Waals surface area contributed by atoms with E-state index in [0.717, 1.165) is 12.8 Å². The second kappa shape index (κ2) is 6.81. The highest BCUT2D eigenvalue weighted by atomic mass is 16.4. The van der Waals surface area contributed by atoms with Crippen LogP contribution in [-0.2, 0) is 4.79 Å². The number of aliphatic hydroxyl groups is 1. The van der Waals surface area contributed by atoms with Gasteiger partial charge in [0.15, 0.2) is 0 Å². The fraction of sp³-hybridized carbons (Fsp3) is 0.727. The summed E-state index contributed by atoms with van der Waals surface area (Å²) in [5.74, 6) is -1.17. The van der Waals surface area contributed by atoms with Crippen LogP contribution in [-0.4, -0.2) is 52.3 Å². The zero-order valence-electron chi connectivity index (χ0n) is 10.0. The first-order valence-electron chi connectivity index (χ1n) is 5.88. The number of urea groups is 1. The number of hydrogen-bond donors (Lipinski definition) is 3. The fourth-order valence-electron chi connectivity index (χ4n) is 1.63. The lowest BCUT2D eigenvalue weighted by Gasteiger charge is -2.24. The number of hydrogen-bond acceptors (Lipinski definition) is 4. The van der Waals surface area contributed by atoms with Crippen molar-refractivity contribution in [2.24, 2.45) is 0 Å². The minimum atomic E-state index is -1.17. The molecule has 0 spiro atoms. The number of nitrogens with one attached hydrogen (secondary N) is 1. The van der Waals surface area contributed by atoms with E-state index in [1.165, 1.54) is 4.90 Å². The van der Waals surface area contributed by atoms with Crippen molar-refractivity contribution in [3.05, 3.63) is 0 Å². The van der Waals surface area contributed by atoms with Gasteiger partial charge in [-0.25, -0.2) is 9.59 Å². The standard InChI is InChI=1S/C11H17N3O4/c12-5-1-6-14(8-2-3-8)11(18)13-9(4-7-15)10(16)17/h8-9,15H,1-4,6-7H2,(H,13,18)(H,16,17). The van der Waals surface area contributed by atoms with E-state index < -0.39 is 18.0 Å².